The SMILES string of the molecule is O=C(N1CCN(c2ccc(C(F)(F)F)cn2)CC1)C1(c2cccc(F)c2)CCC1. The molecule has 2 aromatic rings. The number of aromatic nitrogens is 1. The molecule has 4 rings (SSSR count). The van der Waals surface area contributed by atoms with Gasteiger partial charge in [-0.15, -0.1) is 0 Å². The molecule has 0 atom stereocenters. The second kappa shape index (κ2) is 7.31. The van der Waals surface area contributed by atoms with E-state index in [1.54, 1.807) is 11.0 Å². The van der Waals surface area contributed by atoms with Crippen LogP contribution in [-0.4, -0.2) is 42.0 Å². The van der Waals surface area contributed by atoms with Crippen LogP contribution in [0.3, 0.4) is 0 Å². The summed E-state index contributed by atoms with van der Waals surface area (Å²) in [6.45, 7) is 1.89. The molecule has 1 saturated heterocycles. The Morgan fingerprint density at radius 2 is 1.76 bits per heavy atom. The Labute approximate surface area is 166 Å². The summed E-state index contributed by atoms with van der Waals surface area (Å²) in [7, 11) is 0. The monoisotopic (exact) mass is 407 g/mol. The third-order valence-electron chi connectivity index (χ3n) is 5.96. The van der Waals surface area contributed by atoms with Crippen molar-refractivity contribution in [2.24, 2.45) is 0 Å². The van der Waals surface area contributed by atoms with E-state index in [4.69, 9.17) is 0 Å². The largest absolute Gasteiger partial charge is 0.417 e. The lowest BCUT2D eigenvalue weighted by Crippen LogP contribution is -2.57. The average molecular weight is 407 g/mol. The first-order chi connectivity index (χ1) is 13.8. The molecule has 1 aromatic heterocycles. The van der Waals surface area contributed by atoms with Crippen molar-refractivity contribution in [1.29, 1.82) is 0 Å². The number of carbonyl (C=O) groups excluding carboxylic acids is 1. The van der Waals surface area contributed by atoms with Crippen molar-refractivity contribution >= 4 is 11.7 Å². The predicted molar refractivity (Wildman–Crippen MR) is 100.0 cm³/mol. The van der Waals surface area contributed by atoms with Crippen LogP contribution in [0.5, 0.6) is 0 Å². The minimum absolute atomic E-state index is 0.00868. The fraction of sp³-hybridized carbons (Fsp3) is 0.429. The maximum atomic E-state index is 13.7. The number of piperazine rings is 1. The standard InChI is InChI=1S/C21H21F4N3O/c22-17-4-1-3-15(13-17)20(7-2-8-20)19(29)28-11-9-27(10-12-28)18-6-5-16(14-26-18)21(23,24)25/h1,3-6,13-14H,2,7-12H2. The van der Waals surface area contributed by atoms with Gasteiger partial charge in [0.05, 0.1) is 11.0 Å². The van der Waals surface area contributed by atoms with Gasteiger partial charge in [0, 0.05) is 32.4 Å². The zero-order valence-corrected chi connectivity index (χ0v) is 15.8. The summed E-state index contributed by atoms with van der Waals surface area (Å²) >= 11 is 0. The number of carbonyl (C=O) groups is 1. The second-order valence-corrected chi connectivity index (χ2v) is 7.63. The fourth-order valence-corrected chi connectivity index (χ4v) is 4.12. The molecular weight excluding hydrogens is 386 g/mol. The third kappa shape index (κ3) is 3.68. The molecule has 4 nitrogen and oxygen atoms in total. The number of pyridine rings is 1. The van der Waals surface area contributed by atoms with Crippen LogP contribution in [0.25, 0.3) is 0 Å². The van der Waals surface area contributed by atoms with E-state index in [9.17, 15) is 22.4 Å². The molecule has 0 radical (unpaired) electrons. The highest BCUT2D eigenvalue weighted by atomic mass is 19.4. The number of alkyl halides is 3. The van der Waals surface area contributed by atoms with Crippen LogP contribution in [-0.2, 0) is 16.4 Å². The van der Waals surface area contributed by atoms with E-state index in [0.717, 1.165) is 24.2 Å². The summed E-state index contributed by atoms with van der Waals surface area (Å²) < 4.78 is 51.8. The van der Waals surface area contributed by atoms with Gasteiger partial charge in [-0.1, -0.05) is 18.6 Å². The summed E-state index contributed by atoms with van der Waals surface area (Å²) in [5.74, 6) is 0.128. The Kier molecular flexibility index (Phi) is 4.96. The van der Waals surface area contributed by atoms with Gasteiger partial charge in [-0.05, 0) is 42.7 Å². The summed E-state index contributed by atoms with van der Waals surface area (Å²) in [5, 5.41) is 0. The minimum atomic E-state index is -4.41. The van der Waals surface area contributed by atoms with E-state index in [-0.39, 0.29) is 11.7 Å². The van der Waals surface area contributed by atoms with Crippen LogP contribution in [0.2, 0.25) is 0 Å². The maximum absolute atomic E-state index is 13.7. The Morgan fingerprint density at radius 3 is 2.28 bits per heavy atom. The van der Waals surface area contributed by atoms with Gasteiger partial charge in [0.2, 0.25) is 5.91 Å². The number of nitrogens with zero attached hydrogens (tertiary/aromatic N) is 3. The first-order valence-electron chi connectivity index (χ1n) is 9.63. The average Bonchev–Trinajstić information content (AvgIpc) is 2.67. The molecule has 0 bridgehead atoms. The van der Waals surface area contributed by atoms with Crippen molar-refractivity contribution in [1.82, 2.24) is 9.88 Å². The third-order valence-corrected chi connectivity index (χ3v) is 5.96. The molecule has 2 heterocycles. The molecule has 0 spiro atoms. The molecule has 0 N–H and O–H groups in total. The van der Waals surface area contributed by atoms with Crippen LogP contribution in [0.1, 0.15) is 30.4 Å². The fourth-order valence-electron chi connectivity index (χ4n) is 4.12. The number of benzene rings is 1. The lowest BCUT2D eigenvalue weighted by Gasteiger charge is -2.46. The van der Waals surface area contributed by atoms with E-state index in [2.05, 4.69) is 4.98 Å². The van der Waals surface area contributed by atoms with E-state index in [1.807, 2.05) is 11.0 Å². The Balaban J connectivity index is 1.43. The molecule has 1 aliphatic heterocycles. The molecule has 1 aliphatic carbocycles. The highest BCUT2D eigenvalue weighted by Gasteiger charge is 2.48. The van der Waals surface area contributed by atoms with Crippen molar-refractivity contribution in [2.75, 3.05) is 31.1 Å². The number of hydrogen-bond acceptors (Lipinski definition) is 3. The van der Waals surface area contributed by atoms with Crippen LogP contribution in [0.15, 0.2) is 42.6 Å². The van der Waals surface area contributed by atoms with Crippen molar-refractivity contribution in [2.45, 2.75) is 30.9 Å². The number of rotatable bonds is 3. The topological polar surface area (TPSA) is 36.4 Å². The van der Waals surface area contributed by atoms with Crippen LogP contribution < -0.4 is 4.90 Å². The second-order valence-electron chi connectivity index (χ2n) is 7.63. The minimum Gasteiger partial charge on any atom is -0.353 e. The molecule has 0 unspecified atom stereocenters. The normalized spacial score (nSPS) is 19.0. The summed E-state index contributed by atoms with van der Waals surface area (Å²) in [4.78, 5) is 20.8. The number of halogens is 4. The van der Waals surface area contributed by atoms with Gasteiger partial charge in [-0.3, -0.25) is 4.79 Å². The number of amides is 1. The molecule has 8 heteroatoms. The Bertz CT molecular complexity index is 886. The number of hydrogen-bond donors (Lipinski definition) is 0. The molecule has 29 heavy (non-hydrogen) atoms. The summed E-state index contributed by atoms with van der Waals surface area (Å²) in [6, 6.07) is 8.64. The lowest BCUT2D eigenvalue weighted by molar-refractivity contribution is -0.141. The van der Waals surface area contributed by atoms with Gasteiger partial charge in [0.15, 0.2) is 0 Å². The molecule has 1 aromatic carbocycles. The molecule has 1 amide bonds. The quantitative estimate of drug-likeness (QED) is 0.722. The van der Waals surface area contributed by atoms with E-state index >= 15 is 0 Å². The first kappa shape index (κ1) is 19.7. The Hall–Kier alpha value is -2.64. The van der Waals surface area contributed by atoms with Gasteiger partial charge in [0.25, 0.3) is 0 Å². The Morgan fingerprint density at radius 1 is 1.03 bits per heavy atom. The van der Waals surface area contributed by atoms with Gasteiger partial charge in [-0.25, -0.2) is 9.37 Å². The maximum Gasteiger partial charge on any atom is 0.417 e. The van der Waals surface area contributed by atoms with E-state index in [0.29, 0.717) is 44.8 Å². The summed E-state index contributed by atoms with van der Waals surface area (Å²) in [6.07, 6.45) is -1.24. The van der Waals surface area contributed by atoms with Gasteiger partial charge >= 0.3 is 6.18 Å². The lowest BCUT2D eigenvalue weighted by atomic mass is 9.63. The number of anilines is 1. The highest BCUT2D eigenvalue weighted by Crippen LogP contribution is 2.45. The summed E-state index contributed by atoms with van der Waals surface area (Å²) in [5.41, 5.74) is -0.714. The van der Waals surface area contributed by atoms with Crippen LogP contribution >= 0.6 is 0 Å². The van der Waals surface area contributed by atoms with Crippen LogP contribution in [0.4, 0.5) is 23.4 Å². The molecule has 1 saturated carbocycles. The highest BCUT2D eigenvalue weighted by molar-refractivity contribution is 5.89. The predicted octanol–water partition coefficient (Wildman–Crippen LogP) is 4.01. The molecule has 2 aliphatic rings. The first-order valence-corrected chi connectivity index (χ1v) is 9.63. The zero-order chi connectivity index (χ0) is 20.6. The van der Waals surface area contributed by atoms with Crippen LogP contribution in [0, 0.1) is 5.82 Å². The van der Waals surface area contributed by atoms with E-state index < -0.39 is 17.2 Å². The molecular formula is C21H21F4N3O. The van der Waals surface area contributed by atoms with Gasteiger partial charge < -0.3 is 9.80 Å². The smallest absolute Gasteiger partial charge is 0.353 e. The van der Waals surface area contributed by atoms with Gasteiger partial charge in [0.1, 0.15) is 11.6 Å². The van der Waals surface area contributed by atoms with Crippen molar-refractivity contribution in [3.8, 4) is 0 Å². The molecule has 2 fully saturated rings. The molecule has 154 valence electrons. The van der Waals surface area contributed by atoms with Crippen molar-refractivity contribution in [3.63, 3.8) is 0 Å². The van der Waals surface area contributed by atoms with Gasteiger partial charge in [-0.2, -0.15) is 13.2 Å². The van der Waals surface area contributed by atoms with Crippen molar-refractivity contribution < 1.29 is 22.4 Å². The van der Waals surface area contributed by atoms with Crippen molar-refractivity contribution in [3.05, 3.63) is 59.5 Å². The zero-order valence-electron chi connectivity index (χ0n) is 15.8. The van der Waals surface area contributed by atoms with E-state index in [1.165, 1.54) is 18.2 Å².